The minimum Gasteiger partial charge on any atom is -0.497 e. The molecule has 3 rings (SSSR count). The fourth-order valence-electron chi connectivity index (χ4n) is 3.17. The zero-order chi connectivity index (χ0) is 21.6. The second kappa shape index (κ2) is 10.1. The second-order valence-corrected chi connectivity index (χ2v) is 9.29. The summed E-state index contributed by atoms with van der Waals surface area (Å²) in [4.78, 5) is 12.1. The van der Waals surface area contributed by atoms with Gasteiger partial charge in [-0.2, -0.15) is 4.31 Å². The van der Waals surface area contributed by atoms with E-state index < -0.39 is 10.0 Å². The number of benzene rings is 2. The van der Waals surface area contributed by atoms with E-state index in [0.29, 0.717) is 26.1 Å². The summed E-state index contributed by atoms with van der Waals surface area (Å²) in [5, 5.41) is 2.94. The fourth-order valence-corrected chi connectivity index (χ4v) is 5.01. The first-order valence-electron chi connectivity index (χ1n) is 9.72. The molecular formula is C21H25ClN2O5S. The molecule has 1 N–H and O–H groups in total. The van der Waals surface area contributed by atoms with Crippen molar-refractivity contribution >= 4 is 27.5 Å². The SMILES string of the molecule is COc1ccc(CCNC(=O)COc2ccc(S(=O)(=O)N3CCCC3)cc2Cl)cc1. The molecule has 9 heteroatoms. The molecule has 0 aliphatic carbocycles. The van der Waals surface area contributed by atoms with Crippen LogP contribution in [0.3, 0.4) is 0 Å². The molecule has 1 amide bonds. The fraction of sp³-hybridized carbons (Fsp3) is 0.381. The van der Waals surface area contributed by atoms with E-state index in [1.165, 1.54) is 22.5 Å². The molecular weight excluding hydrogens is 428 g/mol. The number of sulfonamides is 1. The molecule has 0 radical (unpaired) electrons. The van der Waals surface area contributed by atoms with E-state index in [0.717, 1.165) is 24.2 Å². The van der Waals surface area contributed by atoms with Gasteiger partial charge in [0.2, 0.25) is 10.0 Å². The summed E-state index contributed by atoms with van der Waals surface area (Å²) in [6.45, 7) is 1.31. The zero-order valence-corrected chi connectivity index (χ0v) is 18.3. The molecule has 1 saturated heterocycles. The minimum absolute atomic E-state index is 0.130. The van der Waals surface area contributed by atoms with Crippen LogP contribution in [0.5, 0.6) is 11.5 Å². The number of ether oxygens (including phenoxy) is 2. The first-order chi connectivity index (χ1) is 14.4. The smallest absolute Gasteiger partial charge is 0.257 e. The molecule has 2 aromatic rings. The Labute approximate surface area is 182 Å². The number of methoxy groups -OCH3 is 1. The van der Waals surface area contributed by atoms with Gasteiger partial charge in [-0.3, -0.25) is 4.79 Å². The van der Waals surface area contributed by atoms with E-state index >= 15 is 0 Å². The van der Waals surface area contributed by atoms with Crippen LogP contribution in [-0.4, -0.2) is 52.0 Å². The average molecular weight is 453 g/mol. The normalized spacial score (nSPS) is 14.5. The number of halogens is 1. The largest absolute Gasteiger partial charge is 0.497 e. The molecule has 2 aromatic carbocycles. The molecule has 0 atom stereocenters. The summed E-state index contributed by atoms with van der Waals surface area (Å²) in [6.07, 6.45) is 2.41. The molecule has 0 spiro atoms. The van der Waals surface area contributed by atoms with Gasteiger partial charge >= 0.3 is 0 Å². The predicted octanol–water partition coefficient (Wildman–Crippen LogP) is 2.87. The van der Waals surface area contributed by atoms with E-state index in [2.05, 4.69) is 5.32 Å². The molecule has 30 heavy (non-hydrogen) atoms. The number of nitrogens with zero attached hydrogens (tertiary/aromatic N) is 1. The Bertz CT molecular complexity index is 973. The third-order valence-corrected chi connectivity index (χ3v) is 7.05. The van der Waals surface area contributed by atoms with Crippen LogP contribution in [0.15, 0.2) is 47.4 Å². The predicted molar refractivity (Wildman–Crippen MR) is 115 cm³/mol. The number of carbonyl (C=O) groups excluding carboxylic acids is 1. The van der Waals surface area contributed by atoms with Crippen LogP contribution in [0.4, 0.5) is 0 Å². The lowest BCUT2D eigenvalue weighted by Gasteiger charge is -2.16. The molecule has 0 aromatic heterocycles. The maximum atomic E-state index is 12.6. The third kappa shape index (κ3) is 5.65. The van der Waals surface area contributed by atoms with Crippen molar-refractivity contribution in [2.75, 3.05) is 33.4 Å². The van der Waals surface area contributed by atoms with Gasteiger partial charge in [0.15, 0.2) is 6.61 Å². The van der Waals surface area contributed by atoms with Crippen LogP contribution in [0, 0.1) is 0 Å². The standard InChI is InChI=1S/C21H25ClN2O5S/c1-28-17-6-4-16(5-7-17)10-11-23-21(25)15-29-20-9-8-18(14-19(20)22)30(26,27)24-12-2-3-13-24/h4-9,14H,2-3,10-13,15H2,1H3,(H,23,25). The van der Waals surface area contributed by atoms with Gasteiger partial charge in [-0.25, -0.2) is 8.42 Å². The lowest BCUT2D eigenvalue weighted by atomic mass is 10.1. The Hall–Kier alpha value is -2.29. The van der Waals surface area contributed by atoms with E-state index in [1.807, 2.05) is 24.3 Å². The highest BCUT2D eigenvalue weighted by molar-refractivity contribution is 7.89. The number of hydrogen-bond donors (Lipinski definition) is 1. The number of carbonyl (C=O) groups is 1. The molecule has 0 bridgehead atoms. The summed E-state index contributed by atoms with van der Waals surface area (Å²) < 4.78 is 37.2. The van der Waals surface area contributed by atoms with Crippen molar-refractivity contribution in [3.63, 3.8) is 0 Å². The van der Waals surface area contributed by atoms with E-state index in [9.17, 15) is 13.2 Å². The van der Waals surface area contributed by atoms with Gasteiger partial charge in [-0.1, -0.05) is 23.7 Å². The van der Waals surface area contributed by atoms with Crippen LogP contribution >= 0.6 is 11.6 Å². The quantitative estimate of drug-likeness (QED) is 0.632. The Morgan fingerprint density at radius 2 is 1.83 bits per heavy atom. The van der Waals surface area contributed by atoms with Crippen LogP contribution in [0.2, 0.25) is 5.02 Å². The van der Waals surface area contributed by atoms with E-state index in [4.69, 9.17) is 21.1 Å². The van der Waals surface area contributed by atoms with Gasteiger partial charge in [-0.15, -0.1) is 0 Å². The first kappa shape index (κ1) is 22.4. The van der Waals surface area contributed by atoms with Gasteiger partial charge in [-0.05, 0) is 55.2 Å². The molecule has 1 fully saturated rings. The second-order valence-electron chi connectivity index (χ2n) is 6.94. The van der Waals surface area contributed by atoms with E-state index in [1.54, 1.807) is 7.11 Å². The van der Waals surface area contributed by atoms with Gasteiger partial charge in [0.05, 0.1) is 17.0 Å². The highest BCUT2D eigenvalue weighted by Crippen LogP contribution is 2.29. The summed E-state index contributed by atoms with van der Waals surface area (Å²) >= 11 is 6.18. The topological polar surface area (TPSA) is 84.9 Å². The Morgan fingerprint density at radius 3 is 2.47 bits per heavy atom. The minimum atomic E-state index is -3.55. The zero-order valence-electron chi connectivity index (χ0n) is 16.8. The monoisotopic (exact) mass is 452 g/mol. The molecule has 0 saturated carbocycles. The molecule has 1 aliphatic rings. The molecule has 7 nitrogen and oxygen atoms in total. The van der Waals surface area contributed by atoms with Crippen molar-refractivity contribution in [1.29, 1.82) is 0 Å². The van der Waals surface area contributed by atoms with Gasteiger partial charge in [0.25, 0.3) is 5.91 Å². The number of hydrogen-bond acceptors (Lipinski definition) is 5. The Morgan fingerprint density at radius 1 is 1.13 bits per heavy atom. The number of rotatable bonds is 9. The van der Waals surface area contributed by atoms with Crippen LogP contribution in [0.1, 0.15) is 18.4 Å². The Kier molecular flexibility index (Phi) is 7.58. The van der Waals surface area contributed by atoms with Crippen molar-refractivity contribution in [3.8, 4) is 11.5 Å². The third-order valence-electron chi connectivity index (χ3n) is 4.86. The van der Waals surface area contributed by atoms with E-state index in [-0.39, 0.29) is 28.2 Å². The van der Waals surface area contributed by atoms with Crippen molar-refractivity contribution < 1.29 is 22.7 Å². The maximum absolute atomic E-state index is 12.6. The summed E-state index contributed by atoms with van der Waals surface area (Å²) in [5.41, 5.74) is 1.08. The molecule has 162 valence electrons. The lowest BCUT2D eigenvalue weighted by molar-refractivity contribution is -0.123. The molecule has 1 aliphatic heterocycles. The average Bonchev–Trinajstić information content (AvgIpc) is 3.29. The van der Waals surface area contributed by atoms with Crippen LogP contribution in [0.25, 0.3) is 0 Å². The van der Waals surface area contributed by atoms with Crippen LogP contribution < -0.4 is 14.8 Å². The van der Waals surface area contributed by atoms with Gasteiger partial charge in [0, 0.05) is 19.6 Å². The lowest BCUT2D eigenvalue weighted by Crippen LogP contribution is -2.30. The van der Waals surface area contributed by atoms with Crippen molar-refractivity contribution in [2.45, 2.75) is 24.2 Å². The summed E-state index contributed by atoms with van der Waals surface area (Å²) in [6, 6.07) is 11.9. The molecule has 0 unspecified atom stereocenters. The van der Waals surface area contributed by atoms with Crippen molar-refractivity contribution in [3.05, 3.63) is 53.1 Å². The first-order valence-corrected chi connectivity index (χ1v) is 11.5. The van der Waals surface area contributed by atoms with Gasteiger partial charge < -0.3 is 14.8 Å². The summed E-state index contributed by atoms with van der Waals surface area (Å²) in [7, 11) is -1.93. The number of nitrogens with one attached hydrogen (secondary N) is 1. The number of amides is 1. The van der Waals surface area contributed by atoms with Crippen molar-refractivity contribution in [2.24, 2.45) is 0 Å². The highest BCUT2D eigenvalue weighted by atomic mass is 35.5. The maximum Gasteiger partial charge on any atom is 0.257 e. The summed E-state index contributed by atoms with van der Waals surface area (Å²) in [5.74, 6) is 0.767. The van der Waals surface area contributed by atoms with Gasteiger partial charge in [0.1, 0.15) is 11.5 Å². The Balaban J connectivity index is 1.48. The highest BCUT2D eigenvalue weighted by Gasteiger charge is 2.27. The van der Waals surface area contributed by atoms with Crippen molar-refractivity contribution in [1.82, 2.24) is 9.62 Å². The van der Waals surface area contributed by atoms with Crippen LogP contribution in [-0.2, 0) is 21.2 Å². The molecule has 1 heterocycles.